The third-order valence-electron chi connectivity index (χ3n) is 9.77. The summed E-state index contributed by atoms with van der Waals surface area (Å²) in [5.41, 5.74) is 2.84. The van der Waals surface area contributed by atoms with Gasteiger partial charge in [-0.05, 0) is 75.6 Å². The molecule has 4 atom stereocenters. The largest absolute Gasteiger partial charge is 0.493 e. The molecule has 0 bridgehead atoms. The van der Waals surface area contributed by atoms with E-state index >= 15 is 0 Å². The Morgan fingerprint density at radius 1 is 0.981 bits per heavy atom. The van der Waals surface area contributed by atoms with Crippen molar-refractivity contribution in [3.63, 3.8) is 0 Å². The van der Waals surface area contributed by atoms with E-state index in [4.69, 9.17) is 14.2 Å². The van der Waals surface area contributed by atoms with E-state index in [1.807, 2.05) is 20.0 Å². The van der Waals surface area contributed by atoms with Crippen molar-refractivity contribution in [3.8, 4) is 5.75 Å². The van der Waals surface area contributed by atoms with Crippen LogP contribution >= 0.6 is 0 Å². The minimum absolute atomic E-state index is 0.00217. The van der Waals surface area contributed by atoms with Crippen LogP contribution in [0.4, 0.5) is 0 Å². The Morgan fingerprint density at radius 3 is 2.45 bits per heavy atom. The second-order valence-corrected chi connectivity index (χ2v) is 14.2. The predicted molar refractivity (Wildman–Crippen MR) is 196 cm³/mol. The van der Waals surface area contributed by atoms with Gasteiger partial charge in [0.1, 0.15) is 12.3 Å². The molecule has 1 aliphatic heterocycles. The van der Waals surface area contributed by atoms with Crippen LogP contribution in [0.25, 0.3) is 0 Å². The molecule has 3 amide bonds. The van der Waals surface area contributed by atoms with Gasteiger partial charge in [0.2, 0.25) is 11.8 Å². The van der Waals surface area contributed by atoms with Gasteiger partial charge in [-0.2, -0.15) is 0 Å². The number of benzene rings is 1. The van der Waals surface area contributed by atoms with Gasteiger partial charge in [-0.25, -0.2) is 9.48 Å². The summed E-state index contributed by atoms with van der Waals surface area (Å²) in [6.07, 6.45) is 8.16. The van der Waals surface area contributed by atoms with Crippen molar-refractivity contribution in [2.45, 2.75) is 135 Å². The summed E-state index contributed by atoms with van der Waals surface area (Å²) >= 11 is 0. The zero-order valence-electron chi connectivity index (χ0n) is 31.4. The molecular formula is C38H58N6O9. The second-order valence-electron chi connectivity index (χ2n) is 14.2. The van der Waals surface area contributed by atoms with Crippen molar-refractivity contribution in [1.29, 1.82) is 0 Å². The number of carbonyl (C=O) groups excluding carboxylic acids is 3. The van der Waals surface area contributed by atoms with Crippen molar-refractivity contribution in [1.82, 2.24) is 30.9 Å². The normalized spacial score (nSPS) is 19.7. The van der Waals surface area contributed by atoms with Crippen molar-refractivity contribution in [3.05, 3.63) is 40.7 Å². The summed E-state index contributed by atoms with van der Waals surface area (Å²) in [4.78, 5) is 49.8. The molecule has 1 aromatic heterocycles. The molecule has 1 saturated carbocycles. The number of ether oxygens (including phenoxy) is 3. The van der Waals surface area contributed by atoms with E-state index in [0.29, 0.717) is 62.9 Å². The molecule has 0 spiro atoms. The van der Waals surface area contributed by atoms with E-state index in [9.17, 15) is 29.4 Å². The van der Waals surface area contributed by atoms with Crippen LogP contribution in [0.15, 0.2) is 18.3 Å². The SMILES string of the molecule is CCCCOCCC(=O)NCCCOc1c(C)cc(C(=O)NCC(O)CC2OC(C(=O)O)CCC2NC(=O)Cn2cc(C3CCCCC3)nn2)cc1C. The summed E-state index contributed by atoms with van der Waals surface area (Å²) < 4.78 is 18.7. The van der Waals surface area contributed by atoms with Gasteiger partial charge in [0.05, 0.1) is 37.2 Å². The molecule has 1 aliphatic carbocycles. The van der Waals surface area contributed by atoms with Crippen molar-refractivity contribution in [2.24, 2.45) is 0 Å². The summed E-state index contributed by atoms with van der Waals surface area (Å²) in [5, 5.41) is 37.5. The predicted octanol–water partition coefficient (Wildman–Crippen LogP) is 3.33. The first kappa shape index (κ1) is 41.7. The number of nitrogens with one attached hydrogen (secondary N) is 3. The molecule has 15 heteroatoms. The van der Waals surface area contributed by atoms with E-state index in [1.165, 1.54) is 11.1 Å². The number of aliphatic hydroxyl groups excluding tert-OH is 1. The lowest BCUT2D eigenvalue weighted by molar-refractivity contribution is -0.163. The first-order valence-corrected chi connectivity index (χ1v) is 19.2. The Hall–Kier alpha value is -4.08. The number of carboxylic acids is 1. The smallest absolute Gasteiger partial charge is 0.332 e. The number of carboxylic acid groups (broad SMARTS) is 1. The van der Waals surface area contributed by atoms with Gasteiger partial charge in [-0.3, -0.25) is 14.4 Å². The van der Waals surface area contributed by atoms with E-state index in [-0.39, 0.29) is 43.7 Å². The monoisotopic (exact) mass is 742 g/mol. The average molecular weight is 743 g/mol. The number of aromatic nitrogens is 3. The molecular weight excluding hydrogens is 684 g/mol. The van der Waals surface area contributed by atoms with Crippen LogP contribution in [0.1, 0.15) is 117 Å². The lowest BCUT2D eigenvalue weighted by Gasteiger charge is -2.36. The summed E-state index contributed by atoms with van der Waals surface area (Å²) in [6, 6.07) is 2.89. The van der Waals surface area contributed by atoms with Gasteiger partial charge in [-0.1, -0.05) is 37.8 Å². The number of carbonyl (C=O) groups is 4. The maximum absolute atomic E-state index is 13.1. The van der Waals surface area contributed by atoms with Crippen LogP contribution in [-0.4, -0.2) is 106 Å². The maximum Gasteiger partial charge on any atom is 0.332 e. The fourth-order valence-corrected chi connectivity index (χ4v) is 6.88. The molecule has 2 aromatic rings. The standard InChI is InChI=1S/C38H58N6O9/c1-4-5-16-51-18-14-34(46)39-15-9-17-52-36-25(2)19-28(20-26(36)3)37(48)40-22-29(45)21-33-30(12-13-32(53-33)38(49)50)41-35(47)24-44-23-31(42-43-44)27-10-7-6-8-11-27/h19-20,23,27,29-30,32-33,45H,4-18,21-22,24H2,1-3H3,(H,39,46)(H,40,48)(H,41,47)(H,49,50). The molecule has 294 valence electrons. The Balaban J connectivity index is 1.22. The van der Waals surface area contributed by atoms with Gasteiger partial charge in [-0.15, -0.1) is 5.10 Å². The number of aliphatic hydroxyl groups is 1. The molecule has 4 rings (SSSR count). The molecule has 15 nitrogen and oxygen atoms in total. The van der Waals surface area contributed by atoms with Gasteiger partial charge in [0.15, 0.2) is 6.10 Å². The quantitative estimate of drug-likeness (QED) is 0.117. The molecule has 53 heavy (non-hydrogen) atoms. The van der Waals surface area contributed by atoms with Crippen LogP contribution in [-0.2, 0) is 30.4 Å². The Morgan fingerprint density at radius 2 is 1.74 bits per heavy atom. The Labute approximate surface area is 311 Å². The number of rotatable bonds is 21. The van der Waals surface area contributed by atoms with Gasteiger partial charge >= 0.3 is 5.97 Å². The van der Waals surface area contributed by atoms with Crippen LogP contribution < -0.4 is 20.7 Å². The maximum atomic E-state index is 13.1. The third-order valence-corrected chi connectivity index (χ3v) is 9.77. The minimum atomic E-state index is -1.11. The molecule has 0 radical (unpaired) electrons. The van der Waals surface area contributed by atoms with E-state index in [0.717, 1.165) is 55.3 Å². The summed E-state index contributed by atoms with van der Waals surface area (Å²) in [7, 11) is 0. The highest BCUT2D eigenvalue weighted by molar-refractivity contribution is 5.95. The van der Waals surface area contributed by atoms with Gasteiger partial charge in [0, 0.05) is 50.2 Å². The number of aryl methyl sites for hydroxylation is 2. The van der Waals surface area contributed by atoms with Crippen molar-refractivity contribution < 1.29 is 43.6 Å². The molecule has 1 saturated heterocycles. The fraction of sp³-hybridized carbons (Fsp3) is 0.684. The highest BCUT2D eigenvalue weighted by atomic mass is 16.5. The van der Waals surface area contributed by atoms with Crippen LogP contribution in [0.3, 0.4) is 0 Å². The summed E-state index contributed by atoms with van der Waals surface area (Å²) in [5.74, 6) is -0.836. The highest BCUT2D eigenvalue weighted by Gasteiger charge is 2.36. The first-order chi connectivity index (χ1) is 25.5. The van der Waals surface area contributed by atoms with Crippen LogP contribution in [0, 0.1) is 13.8 Å². The average Bonchev–Trinajstić information content (AvgIpc) is 3.60. The third kappa shape index (κ3) is 13.7. The van der Waals surface area contributed by atoms with E-state index < -0.39 is 30.3 Å². The van der Waals surface area contributed by atoms with Crippen molar-refractivity contribution in [2.75, 3.05) is 32.9 Å². The number of hydrogen-bond donors (Lipinski definition) is 5. The Kier molecular flexibility index (Phi) is 17.0. The second kappa shape index (κ2) is 21.6. The van der Waals surface area contributed by atoms with Gasteiger partial charge in [0.25, 0.3) is 5.91 Å². The summed E-state index contributed by atoms with van der Waals surface area (Å²) in [6.45, 7) is 7.59. The lowest BCUT2D eigenvalue weighted by atomic mass is 9.87. The zero-order chi connectivity index (χ0) is 38.2. The molecule has 1 aromatic carbocycles. The van der Waals surface area contributed by atoms with E-state index in [2.05, 4.69) is 33.2 Å². The topological polar surface area (TPSA) is 203 Å². The van der Waals surface area contributed by atoms with Crippen LogP contribution in [0.5, 0.6) is 5.75 Å². The van der Waals surface area contributed by atoms with Crippen molar-refractivity contribution >= 4 is 23.7 Å². The molecule has 2 fully saturated rings. The van der Waals surface area contributed by atoms with Gasteiger partial charge < -0.3 is 40.4 Å². The molecule has 2 heterocycles. The molecule has 2 aliphatic rings. The zero-order valence-corrected chi connectivity index (χ0v) is 31.4. The van der Waals surface area contributed by atoms with Crippen LogP contribution in [0.2, 0.25) is 0 Å². The number of aliphatic carboxylic acids is 1. The fourth-order valence-electron chi connectivity index (χ4n) is 6.88. The van der Waals surface area contributed by atoms with E-state index in [1.54, 1.807) is 12.1 Å². The Bertz CT molecular complexity index is 1470. The number of hydrogen-bond acceptors (Lipinski definition) is 10. The lowest BCUT2D eigenvalue weighted by Crippen LogP contribution is -2.53. The highest BCUT2D eigenvalue weighted by Crippen LogP contribution is 2.31. The molecule has 5 N–H and O–H groups in total. The first-order valence-electron chi connectivity index (χ1n) is 19.2. The molecule has 4 unspecified atom stereocenters. The minimum Gasteiger partial charge on any atom is -0.493 e. The number of nitrogens with zero attached hydrogens (tertiary/aromatic N) is 3. The number of unbranched alkanes of at least 4 members (excludes halogenated alkanes) is 1. The number of amides is 3.